The van der Waals surface area contributed by atoms with Gasteiger partial charge in [-0.15, -0.1) is 0 Å². The molecule has 1 N–H and O–H groups in total. The van der Waals surface area contributed by atoms with Gasteiger partial charge in [0.15, 0.2) is 0 Å². The molecular weight excluding hydrogens is 280 g/mol. The molecule has 0 radical (unpaired) electrons. The number of fused-ring (bicyclic) bond motifs is 1. The van der Waals surface area contributed by atoms with Gasteiger partial charge < -0.3 is 5.32 Å². The van der Waals surface area contributed by atoms with Crippen LogP contribution >= 0.6 is 0 Å². The molecule has 3 aromatic rings. The predicted octanol–water partition coefficient (Wildman–Crippen LogP) is 4.96. The summed E-state index contributed by atoms with van der Waals surface area (Å²) in [5.41, 5.74) is 6.97. The molecule has 0 amide bonds. The van der Waals surface area contributed by atoms with Crippen LogP contribution in [0.4, 0.5) is 5.69 Å². The van der Waals surface area contributed by atoms with Gasteiger partial charge in [-0.25, -0.2) is 0 Å². The van der Waals surface area contributed by atoms with Gasteiger partial charge in [-0.1, -0.05) is 66.7 Å². The maximum absolute atomic E-state index is 4.83. The summed E-state index contributed by atoms with van der Waals surface area (Å²) in [5.74, 6) is 0. The van der Waals surface area contributed by atoms with Crippen molar-refractivity contribution in [2.45, 2.75) is 13.1 Å². The Morgan fingerprint density at radius 2 is 1.43 bits per heavy atom. The lowest BCUT2D eigenvalue weighted by Crippen LogP contribution is -2.23. The van der Waals surface area contributed by atoms with E-state index in [1.54, 1.807) is 0 Å². The van der Waals surface area contributed by atoms with E-state index in [0.717, 1.165) is 22.5 Å². The van der Waals surface area contributed by atoms with Crippen molar-refractivity contribution in [3.63, 3.8) is 0 Å². The summed E-state index contributed by atoms with van der Waals surface area (Å²) >= 11 is 0. The monoisotopic (exact) mass is 298 g/mol. The van der Waals surface area contributed by atoms with Gasteiger partial charge in [0.1, 0.15) is 6.17 Å². The maximum Gasteiger partial charge on any atom is 0.116 e. The van der Waals surface area contributed by atoms with Crippen LogP contribution in [0.25, 0.3) is 11.1 Å². The van der Waals surface area contributed by atoms with Gasteiger partial charge in [0.25, 0.3) is 0 Å². The third-order valence-electron chi connectivity index (χ3n) is 4.11. The van der Waals surface area contributed by atoms with Crippen LogP contribution in [0, 0.1) is 0 Å². The molecule has 1 aliphatic rings. The van der Waals surface area contributed by atoms with Crippen LogP contribution in [0.1, 0.15) is 18.1 Å². The fraction of sp³-hybridized carbons (Fsp3) is 0.0952. The van der Waals surface area contributed by atoms with E-state index in [1.807, 2.05) is 6.07 Å². The first-order valence-corrected chi connectivity index (χ1v) is 7.91. The number of anilines is 1. The third-order valence-corrected chi connectivity index (χ3v) is 4.11. The van der Waals surface area contributed by atoms with E-state index in [0.29, 0.717) is 0 Å². The minimum Gasteiger partial charge on any atom is -0.363 e. The molecule has 1 heterocycles. The molecule has 2 nitrogen and oxygen atoms in total. The molecule has 0 aliphatic carbocycles. The minimum absolute atomic E-state index is 0.0836. The number of benzene rings is 3. The van der Waals surface area contributed by atoms with Gasteiger partial charge >= 0.3 is 0 Å². The Hall–Kier alpha value is -2.87. The third kappa shape index (κ3) is 2.64. The minimum atomic E-state index is 0.0836. The summed E-state index contributed by atoms with van der Waals surface area (Å²) in [6.45, 7) is 2.08. The molecule has 0 saturated carbocycles. The summed E-state index contributed by atoms with van der Waals surface area (Å²) in [7, 11) is 0. The van der Waals surface area contributed by atoms with Crippen LogP contribution in [0.2, 0.25) is 0 Å². The first kappa shape index (κ1) is 13.8. The largest absolute Gasteiger partial charge is 0.363 e. The molecule has 0 saturated heterocycles. The Bertz CT molecular complexity index is 866. The lowest BCUT2D eigenvalue weighted by Gasteiger charge is -2.23. The van der Waals surface area contributed by atoms with E-state index < -0.39 is 0 Å². The van der Waals surface area contributed by atoms with Gasteiger partial charge in [-0.05, 0) is 30.2 Å². The number of para-hydroxylation sites is 1. The Morgan fingerprint density at radius 1 is 0.739 bits per heavy atom. The number of nitrogens with zero attached hydrogens (tertiary/aromatic N) is 1. The van der Waals surface area contributed by atoms with E-state index in [9.17, 15) is 0 Å². The molecular formula is C21H18N2. The lowest BCUT2D eigenvalue weighted by molar-refractivity contribution is 0.843. The van der Waals surface area contributed by atoms with Crippen molar-refractivity contribution in [2.24, 2.45) is 4.99 Å². The van der Waals surface area contributed by atoms with Gasteiger partial charge in [0.2, 0.25) is 0 Å². The average molecular weight is 298 g/mol. The van der Waals surface area contributed by atoms with E-state index >= 15 is 0 Å². The molecule has 1 aliphatic heterocycles. The number of nitrogens with one attached hydrogen (secondary N) is 1. The quantitative estimate of drug-likeness (QED) is 0.710. The van der Waals surface area contributed by atoms with Crippen molar-refractivity contribution in [1.82, 2.24) is 0 Å². The first-order chi connectivity index (χ1) is 11.3. The molecule has 0 bridgehead atoms. The van der Waals surface area contributed by atoms with Crippen molar-refractivity contribution >= 4 is 11.4 Å². The van der Waals surface area contributed by atoms with Crippen LogP contribution in [-0.4, -0.2) is 11.9 Å². The standard InChI is InChI=1S/C21H18N2/c1-15-22-20-13-6-5-12-19(20)21(23-15)18-11-7-10-17(14-18)16-8-3-2-4-9-16/h2-15,22H,1H3. The molecule has 2 heteroatoms. The number of aliphatic imine (C=N–C) groups is 1. The zero-order valence-electron chi connectivity index (χ0n) is 13.0. The average Bonchev–Trinajstić information content (AvgIpc) is 2.62. The molecule has 0 fully saturated rings. The second kappa shape index (κ2) is 5.73. The van der Waals surface area contributed by atoms with Gasteiger partial charge in [-0.2, -0.15) is 0 Å². The van der Waals surface area contributed by atoms with Crippen LogP contribution in [0.15, 0.2) is 83.9 Å². The lowest BCUT2D eigenvalue weighted by atomic mass is 9.95. The highest BCUT2D eigenvalue weighted by molar-refractivity contribution is 6.17. The van der Waals surface area contributed by atoms with Gasteiger partial charge in [0, 0.05) is 16.8 Å². The van der Waals surface area contributed by atoms with Crippen molar-refractivity contribution in [3.8, 4) is 11.1 Å². The summed E-state index contributed by atoms with van der Waals surface area (Å²) in [4.78, 5) is 4.83. The van der Waals surface area contributed by atoms with Crippen molar-refractivity contribution < 1.29 is 0 Å². The van der Waals surface area contributed by atoms with Crippen LogP contribution < -0.4 is 5.32 Å². The highest BCUT2D eigenvalue weighted by Crippen LogP contribution is 2.27. The van der Waals surface area contributed by atoms with Gasteiger partial charge in [-0.3, -0.25) is 4.99 Å². The van der Waals surface area contributed by atoms with Crippen molar-refractivity contribution in [2.75, 3.05) is 5.32 Å². The smallest absolute Gasteiger partial charge is 0.116 e. The van der Waals surface area contributed by atoms with E-state index in [1.165, 1.54) is 11.1 Å². The van der Waals surface area contributed by atoms with Gasteiger partial charge in [0.05, 0.1) is 5.71 Å². The predicted molar refractivity (Wildman–Crippen MR) is 97.0 cm³/mol. The highest BCUT2D eigenvalue weighted by atomic mass is 15.1. The molecule has 0 aromatic heterocycles. The van der Waals surface area contributed by atoms with E-state index in [2.05, 4.69) is 85.0 Å². The topological polar surface area (TPSA) is 24.4 Å². The summed E-state index contributed by atoms with van der Waals surface area (Å²) in [6, 6.07) is 27.4. The Morgan fingerprint density at radius 3 is 2.30 bits per heavy atom. The molecule has 23 heavy (non-hydrogen) atoms. The van der Waals surface area contributed by atoms with Crippen LogP contribution in [0.5, 0.6) is 0 Å². The summed E-state index contributed by atoms with van der Waals surface area (Å²) < 4.78 is 0. The Balaban J connectivity index is 1.82. The second-order valence-electron chi connectivity index (χ2n) is 5.79. The second-order valence-corrected chi connectivity index (χ2v) is 5.79. The normalized spacial score (nSPS) is 16.2. The molecule has 112 valence electrons. The van der Waals surface area contributed by atoms with E-state index in [4.69, 9.17) is 4.99 Å². The highest BCUT2D eigenvalue weighted by Gasteiger charge is 2.18. The number of rotatable bonds is 2. The molecule has 3 aromatic carbocycles. The molecule has 0 spiro atoms. The molecule has 4 rings (SSSR count). The first-order valence-electron chi connectivity index (χ1n) is 7.91. The fourth-order valence-electron chi connectivity index (χ4n) is 3.04. The summed E-state index contributed by atoms with van der Waals surface area (Å²) in [6.07, 6.45) is 0.0836. The maximum atomic E-state index is 4.83. The SMILES string of the molecule is CC1N=C(c2cccc(-c3ccccc3)c2)c2ccccc2N1. The van der Waals surface area contributed by atoms with Crippen molar-refractivity contribution in [1.29, 1.82) is 0 Å². The van der Waals surface area contributed by atoms with E-state index in [-0.39, 0.29) is 6.17 Å². The number of hydrogen-bond donors (Lipinski definition) is 1. The Labute approximate surface area is 136 Å². The zero-order chi connectivity index (χ0) is 15.6. The Kier molecular flexibility index (Phi) is 3.43. The fourth-order valence-corrected chi connectivity index (χ4v) is 3.04. The van der Waals surface area contributed by atoms with Crippen LogP contribution in [0.3, 0.4) is 0 Å². The molecule has 1 unspecified atom stereocenters. The number of hydrogen-bond acceptors (Lipinski definition) is 2. The van der Waals surface area contributed by atoms with Crippen molar-refractivity contribution in [3.05, 3.63) is 90.0 Å². The van der Waals surface area contributed by atoms with Crippen LogP contribution in [-0.2, 0) is 0 Å². The summed E-state index contributed by atoms with van der Waals surface area (Å²) in [5, 5.41) is 3.42. The zero-order valence-corrected chi connectivity index (χ0v) is 13.0. The molecule has 1 atom stereocenters.